The Morgan fingerprint density at radius 1 is 1.02 bits per heavy atom. The molecule has 0 aromatic rings. The third kappa shape index (κ3) is 20.4. The number of likely N-dealkylation sites (tertiary alicyclic amines) is 1. The van der Waals surface area contributed by atoms with E-state index in [9.17, 15) is 28.1 Å². The number of carbonyl (C=O) groups excluding carboxylic acids is 3. The molecule has 0 bridgehead atoms. The minimum atomic E-state index is -3.51. The highest BCUT2D eigenvalue weighted by Gasteiger charge is 2.39. The Balaban J connectivity index is 2.44. The normalized spacial score (nSPS) is 17.0. The van der Waals surface area contributed by atoms with Crippen LogP contribution < -0.4 is 10.0 Å². The number of esters is 1. The zero-order valence-corrected chi connectivity index (χ0v) is 31.9. The summed E-state index contributed by atoms with van der Waals surface area (Å²) in [4.78, 5) is 40.2. The van der Waals surface area contributed by atoms with Crippen molar-refractivity contribution in [1.29, 1.82) is 5.26 Å². The van der Waals surface area contributed by atoms with Gasteiger partial charge in [-0.2, -0.15) is 5.26 Å². The molecule has 2 N–H and O–H groups in total. The van der Waals surface area contributed by atoms with Crippen LogP contribution in [0.2, 0.25) is 0 Å². The summed E-state index contributed by atoms with van der Waals surface area (Å²) in [7, 11) is 0.781. The molecule has 1 rings (SSSR count). The number of sulfonamides is 1. The molecule has 2 amide bonds. The molecule has 1 fully saturated rings. The molecule has 0 radical (unpaired) electrons. The van der Waals surface area contributed by atoms with Gasteiger partial charge in [-0.3, -0.25) is 9.59 Å². The highest BCUT2D eigenvalue weighted by atomic mass is 33.1. The van der Waals surface area contributed by atoms with Gasteiger partial charge in [-0.25, -0.2) is 17.9 Å². The lowest BCUT2D eigenvalue weighted by Gasteiger charge is -2.38. The van der Waals surface area contributed by atoms with Crippen LogP contribution >= 0.6 is 21.6 Å². The van der Waals surface area contributed by atoms with Gasteiger partial charge in [0.05, 0.1) is 18.9 Å². The van der Waals surface area contributed by atoms with Crippen molar-refractivity contribution in [2.24, 2.45) is 0 Å². The number of nitrogens with zero attached hydrogens (tertiary/aromatic N) is 2. The second-order valence-corrected chi connectivity index (χ2v) is 18.4. The van der Waals surface area contributed by atoms with Gasteiger partial charge in [0, 0.05) is 42.5 Å². The van der Waals surface area contributed by atoms with Gasteiger partial charge in [0.1, 0.15) is 12.1 Å². The number of unbranched alkanes of at least 4 members (excludes halogenated alkanes) is 13. The van der Waals surface area contributed by atoms with Crippen molar-refractivity contribution < 1.29 is 27.5 Å². The van der Waals surface area contributed by atoms with Crippen LogP contribution in [0.1, 0.15) is 130 Å². The molecule has 270 valence electrons. The van der Waals surface area contributed by atoms with Crippen LogP contribution in [0, 0.1) is 11.3 Å². The minimum absolute atomic E-state index is 0.0193. The first kappa shape index (κ1) is 43.3. The Bertz CT molecular complexity index is 1120. The largest absolute Gasteiger partial charge is 0.467 e. The molecule has 13 heteroatoms. The van der Waals surface area contributed by atoms with Crippen molar-refractivity contribution in [2.75, 3.05) is 31.7 Å². The van der Waals surface area contributed by atoms with Gasteiger partial charge < -0.3 is 15.0 Å². The lowest BCUT2D eigenvalue weighted by atomic mass is 9.97. The van der Waals surface area contributed by atoms with E-state index >= 15 is 0 Å². The minimum Gasteiger partial charge on any atom is -0.467 e. The summed E-state index contributed by atoms with van der Waals surface area (Å²) in [5.74, 6) is -1.21. The van der Waals surface area contributed by atoms with Crippen LogP contribution in [0.3, 0.4) is 0 Å². The van der Waals surface area contributed by atoms with E-state index in [1.54, 1.807) is 10.8 Å². The van der Waals surface area contributed by atoms with Crippen LogP contribution in [-0.4, -0.2) is 79.6 Å². The van der Waals surface area contributed by atoms with Gasteiger partial charge >= 0.3 is 5.97 Å². The van der Waals surface area contributed by atoms with Gasteiger partial charge in [-0.15, -0.1) is 0 Å². The van der Waals surface area contributed by atoms with Crippen LogP contribution in [0.15, 0.2) is 11.6 Å². The van der Waals surface area contributed by atoms with E-state index in [1.807, 2.05) is 26.8 Å². The average Bonchev–Trinajstić information content (AvgIpc) is 3.00. The third-order valence-corrected chi connectivity index (χ3v) is 12.7. The molecule has 0 unspecified atom stereocenters. The van der Waals surface area contributed by atoms with E-state index < -0.39 is 39.9 Å². The van der Waals surface area contributed by atoms with Crippen molar-refractivity contribution in [3.63, 3.8) is 0 Å². The topological polar surface area (TPSA) is 146 Å². The number of methoxy groups -OCH3 is 1. The molecule has 0 saturated carbocycles. The summed E-state index contributed by atoms with van der Waals surface area (Å²) in [6.45, 7) is 8.38. The van der Waals surface area contributed by atoms with Crippen molar-refractivity contribution in [1.82, 2.24) is 14.9 Å². The molecule has 1 aliphatic rings. The van der Waals surface area contributed by atoms with Gasteiger partial charge in [0.25, 0.3) is 0 Å². The number of hydrogen-bond acceptors (Lipinski definition) is 9. The number of carbonyl (C=O) groups is 3. The summed E-state index contributed by atoms with van der Waals surface area (Å²) < 4.78 is 32.3. The summed E-state index contributed by atoms with van der Waals surface area (Å²) >= 11 is 0. The standard InChI is InChI=1S/C34H60N4O6S3/c1-6-7-8-9-10-11-12-13-14-15-16-17-18-19-24-47(42,43)36-23-21-31(39)37-29-25-28(20-22-35)26-38(32(29)40)30(33(41)44-5)27-45-46-34(2,3)4/h20,29-30,36H,6-19,21,23-27H2,1-5H3,(H,37,39)/b28-20-/t29-,30-/m0/s1. The Labute approximate surface area is 292 Å². The second kappa shape index (κ2) is 24.4. The molecular weight excluding hydrogens is 657 g/mol. The highest BCUT2D eigenvalue weighted by Crippen LogP contribution is 2.36. The maximum atomic E-state index is 13.4. The quantitative estimate of drug-likeness (QED) is 0.0458. The smallest absolute Gasteiger partial charge is 0.329 e. The van der Waals surface area contributed by atoms with Crippen LogP contribution in [-0.2, 0) is 29.1 Å². The van der Waals surface area contributed by atoms with E-state index in [0.29, 0.717) is 12.0 Å². The molecule has 1 aliphatic heterocycles. The predicted octanol–water partition coefficient (Wildman–Crippen LogP) is 6.67. The second-order valence-electron chi connectivity index (χ2n) is 13.3. The number of rotatable bonds is 25. The molecule has 0 spiro atoms. The number of allylic oxidation sites excluding steroid dienone is 1. The van der Waals surface area contributed by atoms with E-state index in [4.69, 9.17) is 4.74 Å². The SMILES string of the molecule is CCCCCCCCCCCCCCCCS(=O)(=O)NCCC(=O)N[C@H]1C/C(=C/C#N)CN([C@@H](CSSC(C)(C)C)C(=O)OC)C1=O. The first-order valence-electron chi connectivity index (χ1n) is 17.4. The highest BCUT2D eigenvalue weighted by molar-refractivity contribution is 8.77. The van der Waals surface area contributed by atoms with Crippen molar-refractivity contribution in [3.05, 3.63) is 11.6 Å². The predicted molar refractivity (Wildman–Crippen MR) is 194 cm³/mol. The van der Waals surface area contributed by atoms with Gasteiger partial charge in [0.15, 0.2) is 0 Å². The summed E-state index contributed by atoms with van der Waals surface area (Å²) in [6, 6.07) is 0.105. The first-order chi connectivity index (χ1) is 22.3. The Kier molecular flexibility index (Phi) is 22.5. The molecule has 0 aromatic carbocycles. The van der Waals surface area contributed by atoms with Gasteiger partial charge in [0.2, 0.25) is 21.8 Å². The fourth-order valence-corrected chi connectivity index (χ4v) is 8.98. The van der Waals surface area contributed by atoms with Crippen LogP contribution in [0.4, 0.5) is 0 Å². The summed E-state index contributed by atoms with van der Waals surface area (Å²) in [5, 5.41) is 11.9. The zero-order chi connectivity index (χ0) is 35.1. The van der Waals surface area contributed by atoms with E-state index in [0.717, 1.165) is 19.3 Å². The Morgan fingerprint density at radius 3 is 2.09 bits per heavy atom. The number of ether oxygens (including phenoxy) is 1. The first-order valence-corrected chi connectivity index (χ1v) is 21.3. The zero-order valence-electron chi connectivity index (χ0n) is 29.4. The van der Waals surface area contributed by atoms with E-state index in [-0.39, 0.29) is 42.2 Å². The molecule has 1 saturated heterocycles. The maximum Gasteiger partial charge on any atom is 0.329 e. The Hall–Kier alpha value is -1.75. The third-order valence-electron chi connectivity index (χ3n) is 7.85. The summed E-state index contributed by atoms with van der Waals surface area (Å²) in [6.07, 6.45) is 18.0. The lowest BCUT2D eigenvalue weighted by molar-refractivity contribution is -0.153. The van der Waals surface area contributed by atoms with Crippen LogP contribution in [0.25, 0.3) is 0 Å². The molecule has 2 atom stereocenters. The monoisotopic (exact) mass is 716 g/mol. The lowest BCUT2D eigenvalue weighted by Crippen LogP contribution is -2.58. The van der Waals surface area contributed by atoms with Gasteiger partial charge in [-0.1, -0.05) is 133 Å². The van der Waals surface area contributed by atoms with E-state index in [2.05, 4.69) is 17.0 Å². The molecule has 0 aliphatic carbocycles. The number of nitrogens with one attached hydrogen (secondary N) is 2. The fourth-order valence-electron chi connectivity index (χ4n) is 5.33. The molecule has 10 nitrogen and oxygen atoms in total. The van der Waals surface area contributed by atoms with Gasteiger partial charge in [-0.05, 0) is 12.0 Å². The number of hydrogen-bond donors (Lipinski definition) is 2. The van der Waals surface area contributed by atoms with Crippen molar-refractivity contribution in [2.45, 2.75) is 147 Å². The average molecular weight is 717 g/mol. The maximum absolute atomic E-state index is 13.4. The molecule has 0 aromatic heterocycles. The fraction of sp³-hybridized carbons (Fsp3) is 0.824. The van der Waals surface area contributed by atoms with Crippen molar-refractivity contribution in [3.8, 4) is 6.07 Å². The molecular formula is C34H60N4O6S3. The molecule has 47 heavy (non-hydrogen) atoms. The molecule has 1 heterocycles. The van der Waals surface area contributed by atoms with Crippen molar-refractivity contribution >= 4 is 49.4 Å². The summed E-state index contributed by atoms with van der Waals surface area (Å²) in [5.41, 5.74) is 0.605. The Morgan fingerprint density at radius 2 is 1.57 bits per heavy atom. The number of nitriles is 1. The number of piperidine rings is 1. The van der Waals surface area contributed by atoms with Crippen LogP contribution in [0.5, 0.6) is 0 Å². The van der Waals surface area contributed by atoms with E-state index in [1.165, 1.54) is 93.1 Å². The number of amides is 2.